The van der Waals surface area contributed by atoms with E-state index < -0.39 is 0 Å². The van der Waals surface area contributed by atoms with E-state index in [2.05, 4.69) is 19.1 Å². The predicted molar refractivity (Wildman–Crippen MR) is 112 cm³/mol. The molecule has 0 bridgehead atoms. The molecule has 0 heterocycles. The van der Waals surface area contributed by atoms with Crippen molar-refractivity contribution in [1.29, 1.82) is 0 Å². The number of rotatable bonds is 16. The van der Waals surface area contributed by atoms with Gasteiger partial charge < -0.3 is 5.73 Å². The first kappa shape index (κ1) is 21.4. The Kier molecular flexibility index (Phi) is 14.2. The highest BCUT2D eigenvalue weighted by Gasteiger charge is 1.96. The molecule has 1 aromatic rings. The molecule has 0 aliphatic heterocycles. The van der Waals surface area contributed by atoms with Gasteiger partial charge in [-0.25, -0.2) is 0 Å². The second-order valence-corrected chi connectivity index (χ2v) is 8.18. The standard InChI is InChI=1S/C22H39NS/c1-2-3-4-5-6-7-8-9-10-11-12-13-14-15-20-24-22-18-16-21(23)17-19-22/h16-19H,2-15,20,23H2,1H3. The van der Waals surface area contributed by atoms with Crippen molar-refractivity contribution in [2.45, 2.75) is 102 Å². The fourth-order valence-corrected chi connectivity index (χ4v) is 3.96. The summed E-state index contributed by atoms with van der Waals surface area (Å²) in [5, 5.41) is 0. The first-order valence-corrected chi connectivity index (χ1v) is 11.3. The zero-order valence-electron chi connectivity index (χ0n) is 15.9. The Bertz CT molecular complexity index is 374. The maximum atomic E-state index is 5.70. The second-order valence-electron chi connectivity index (χ2n) is 7.01. The molecule has 0 atom stereocenters. The Morgan fingerprint density at radius 1 is 0.625 bits per heavy atom. The summed E-state index contributed by atoms with van der Waals surface area (Å²) in [6.45, 7) is 2.29. The molecule has 24 heavy (non-hydrogen) atoms. The number of nitrogen functional groups attached to an aromatic ring is 1. The Morgan fingerprint density at radius 2 is 1.04 bits per heavy atom. The van der Waals surface area contributed by atoms with E-state index in [1.807, 2.05) is 23.9 Å². The van der Waals surface area contributed by atoms with Crippen LogP contribution in [0.2, 0.25) is 0 Å². The fraction of sp³-hybridized carbons (Fsp3) is 0.727. The maximum absolute atomic E-state index is 5.70. The molecule has 0 spiro atoms. The molecule has 0 aromatic heterocycles. The minimum Gasteiger partial charge on any atom is -0.399 e. The highest BCUT2D eigenvalue weighted by atomic mass is 32.2. The summed E-state index contributed by atoms with van der Waals surface area (Å²) in [6, 6.07) is 8.24. The van der Waals surface area contributed by atoms with Crippen LogP contribution in [-0.4, -0.2) is 5.75 Å². The van der Waals surface area contributed by atoms with Crippen molar-refractivity contribution in [1.82, 2.24) is 0 Å². The van der Waals surface area contributed by atoms with Gasteiger partial charge in [-0.3, -0.25) is 0 Å². The lowest BCUT2D eigenvalue weighted by Crippen LogP contribution is -1.85. The zero-order chi connectivity index (χ0) is 17.3. The van der Waals surface area contributed by atoms with E-state index >= 15 is 0 Å². The molecule has 0 unspecified atom stereocenters. The van der Waals surface area contributed by atoms with E-state index in [1.165, 1.54) is 101 Å². The summed E-state index contributed by atoms with van der Waals surface area (Å²) in [5.74, 6) is 1.24. The number of benzene rings is 1. The predicted octanol–water partition coefficient (Wildman–Crippen LogP) is 7.84. The second kappa shape index (κ2) is 15.9. The third-order valence-electron chi connectivity index (χ3n) is 4.65. The average Bonchev–Trinajstić information content (AvgIpc) is 2.60. The molecule has 0 amide bonds. The van der Waals surface area contributed by atoms with Gasteiger partial charge >= 0.3 is 0 Å². The van der Waals surface area contributed by atoms with Gasteiger partial charge in [0.05, 0.1) is 0 Å². The molecule has 138 valence electrons. The van der Waals surface area contributed by atoms with Gasteiger partial charge in [0.1, 0.15) is 0 Å². The van der Waals surface area contributed by atoms with Gasteiger partial charge in [0, 0.05) is 10.6 Å². The van der Waals surface area contributed by atoms with E-state index in [0.717, 1.165) is 5.69 Å². The van der Waals surface area contributed by atoms with Crippen LogP contribution in [0.15, 0.2) is 29.2 Å². The summed E-state index contributed by atoms with van der Waals surface area (Å²) in [6.07, 6.45) is 20.0. The van der Waals surface area contributed by atoms with Crippen LogP contribution in [0.25, 0.3) is 0 Å². The maximum Gasteiger partial charge on any atom is 0.0314 e. The van der Waals surface area contributed by atoms with E-state index in [1.54, 1.807) is 0 Å². The first-order valence-electron chi connectivity index (χ1n) is 10.3. The van der Waals surface area contributed by atoms with E-state index in [9.17, 15) is 0 Å². The minimum atomic E-state index is 0.857. The SMILES string of the molecule is CCCCCCCCCCCCCCCCSc1ccc(N)cc1. The minimum absolute atomic E-state index is 0.857. The quantitative estimate of drug-likeness (QED) is 0.187. The van der Waals surface area contributed by atoms with Gasteiger partial charge in [-0.2, -0.15) is 0 Å². The highest BCUT2D eigenvalue weighted by molar-refractivity contribution is 7.99. The van der Waals surface area contributed by atoms with Crippen LogP contribution in [0.5, 0.6) is 0 Å². The average molecular weight is 350 g/mol. The number of hydrogen-bond donors (Lipinski definition) is 1. The molecule has 0 radical (unpaired) electrons. The summed E-state index contributed by atoms with van der Waals surface area (Å²) in [5.41, 5.74) is 6.56. The third kappa shape index (κ3) is 12.8. The van der Waals surface area contributed by atoms with Gasteiger partial charge in [-0.05, 0) is 36.4 Å². The molecule has 0 aliphatic rings. The lowest BCUT2D eigenvalue weighted by atomic mass is 10.0. The van der Waals surface area contributed by atoms with Crippen LogP contribution in [0.3, 0.4) is 0 Å². The Hall–Kier alpha value is -0.630. The van der Waals surface area contributed by atoms with Gasteiger partial charge in [-0.1, -0.05) is 90.4 Å². The smallest absolute Gasteiger partial charge is 0.0314 e. The zero-order valence-corrected chi connectivity index (χ0v) is 16.7. The largest absolute Gasteiger partial charge is 0.399 e. The molecule has 1 nitrogen and oxygen atoms in total. The Morgan fingerprint density at radius 3 is 1.50 bits per heavy atom. The van der Waals surface area contributed by atoms with Gasteiger partial charge in [-0.15, -0.1) is 11.8 Å². The van der Waals surface area contributed by atoms with Gasteiger partial charge in [0.15, 0.2) is 0 Å². The van der Waals surface area contributed by atoms with Crippen molar-refractivity contribution >= 4 is 17.4 Å². The van der Waals surface area contributed by atoms with Crippen molar-refractivity contribution < 1.29 is 0 Å². The summed E-state index contributed by atoms with van der Waals surface area (Å²) in [4.78, 5) is 1.35. The first-order chi connectivity index (χ1) is 11.8. The molecule has 0 fully saturated rings. The molecule has 2 heteroatoms. The van der Waals surface area contributed by atoms with Crippen molar-refractivity contribution in [2.24, 2.45) is 0 Å². The summed E-state index contributed by atoms with van der Waals surface area (Å²) < 4.78 is 0. The van der Waals surface area contributed by atoms with Crippen LogP contribution in [0.4, 0.5) is 5.69 Å². The lowest BCUT2D eigenvalue weighted by Gasteiger charge is -2.04. The monoisotopic (exact) mass is 349 g/mol. The molecule has 0 saturated heterocycles. The molecular formula is C22H39NS. The van der Waals surface area contributed by atoms with Crippen molar-refractivity contribution in [3.63, 3.8) is 0 Å². The fourth-order valence-electron chi connectivity index (χ4n) is 3.05. The van der Waals surface area contributed by atoms with Crippen molar-refractivity contribution in [3.8, 4) is 0 Å². The Balaban J connectivity index is 1.75. The number of hydrogen-bond acceptors (Lipinski definition) is 2. The summed E-state index contributed by atoms with van der Waals surface area (Å²) in [7, 11) is 0. The number of anilines is 1. The van der Waals surface area contributed by atoms with Crippen LogP contribution >= 0.6 is 11.8 Å². The van der Waals surface area contributed by atoms with Gasteiger partial charge in [0.2, 0.25) is 0 Å². The van der Waals surface area contributed by atoms with Crippen LogP contribution in [0, 0.1) is 0 Å². The topological polar surface area (TPSA) is 26.0 Å². The van der Waals surface area contributed by atoms with E-state index in [4.69, 9.17) is 5.73 Å². The van der Waals surface area contributed by atoms with E-state index in [0.29, 0.717) is 0 Å². The molecule has 0 aliphatic carbocycles. The lowest BCUT2D eigenvalue weighted by molar-refractivity contribution is 0.538. The highest BCUT2D eigenvalue weighted by Crippen LogP contribution is 2.21. The van der Waals surface area contributed by atoms with Crippen LogP contribution < -0.4 is 5.73 Å². The number of nitrogens with two attached hydrogens (primary N) is 1. The van der Waals surface area contributed by atoms with Crippen molar-refractivity contribution in [3.05, 3.63) is 24.3 Å². The van der Waals surface area contributed by atoms with Crippen LogP contribution in [-0.2, 0) is 0 Å². The number of thioether (sulfide) groups is 1. The molecule has 1 rings (SSSR count). The molecular weight excluding hydrogens is 310 g/mol. The van der Waals surface area contributed by atoms with E-state index in [-0.39, 0.29) is 0 Å². The molecule has 2 N–H and O–H groups in total. The van der Waals surface area contributed by atoms with Gasteiger partial charge in [0.25, 0.3) is 0 Å². The van der Waals surface area contributed by atoms with Crippen molar-refractivity contribution in [2.75, 3.05) is 11.5 Å². The third-order valence-corrected chi connectivity index (χ3v) is 5.75. The Labute approximate surface area is 155 Å². The molecule has 1 aromatic carbocycles. The number of unbranched alkanes of at least 4 members (excludes halogenated alkanes) is 13. The molecule has 0 saturated carbocycles. The summed E-state index contributed by atoms with van der Waals surface area (Å²) >= 11 is 1.96. The normalized spacial score (nSPS) is 11.0. The van der Waals surface area contributed by atoms with Crippen LogP contribution in [0.1, 0.15) is 96.8 Å².